The Bertz CT molecular complexity index is 906. The minimum absolute atomic E-state index is 0.00333. The maximum absolute atomic E-state index is 14.5. The molecule has 0 unspecified atom stereocenters. The summed E-state index contributed by atoms with van der Waals surface area (Å²) in [4.78, 5) is 20.5. The van der Waals surface area contributed by atoms with Crippen molar-refractivity contribution in [2.45, 2.75) is 18.9 Å². The molecule has 2 aromatic rings. The highest BCUT2D eigenvalue weighted by Crippen LogP contribution is 2.41. The smallest absolute Gasteiger partial charge is 0.277 e. The Balaban J connectivity index is 1.74. The predicted octanol–water partition coefficient (Wildman–Crippen LogP) is 3.37. The first kappa shape index (κ1) is 15.9. The molecule has 4 rings (SSSR count). The average molecular weight is 357 g/mol. The summed E-state index contributed by atoms with van der Waals surface area (Å²) in [5.74, 6) is -0.695. The molecule has 5 nitrogen and oxygen atoms in total. The first-order valence-electron chi connectivity index (χ1n) is 8.04. The van der Waals surface area contributed by atoms with E-state index in [2.05, 4.69) is 4.98 Å². The molecule has 2 heterocycles. The summed E-state index contributed by atoms with van der Waals surface area (Å²) in [7, 11) is 0. The molecule has 1 saturated carbocycles. The molecule has 1 aliphatic heterocycles. The highest BCUT2D eigenvalue weighted by atomic mass is 35.5. The van der Waals surface area contributed by atoms with Crippen molar-refractivity contribution in [3.05, 3.63) is 52.6 Å². The van der Waals surface area contributed by atoms with Gasteiger partial charge in [-0.15, -0.1) is 0 Å². The number of benzene rings is 1. The summed E-state index contributed by atoms with van der Waals surface area (Å²) >= 11 is 5.88. The van der Waals surface area contributed by atoms with E-state index in [1.807, 2.05) is 11.0 Å². The number of para-hydroxylation sites is 1. The van der Waals surface area contributed by atoms with Crippen LogP contribution in [0.5, 0.6) is 0 Å². The molecule has 7 heteroatoms. The van der Waals surface area contributed by atoms with Crippen LogP contribution in [0.1, 0.15) is 29.0 Å². The molecule has 0 spiro atoms. The molecule has 1 fully saturated rings. The van der Waals surface area contributed by atoms with Gasteiger partial charge in [0.15, 0.2) is 5.69 Å². The average Bonchev–Trinajstić information content (AvgIpc) is 3.46. The Labute approximate surface area is 149 Å². The zero-order valence-corrected chi connectivity index (χ0v) is 14.0. The Kier molecular flexibility index (Phi) is 3.81. The zero-order valence-electron chi connectivity index (χ0n) is 13.2. The second-order valence-electron chi connectivity index (χ2n) is 6.13. The van der Waals surface area contributed by atoms with Gasteiger partial charge in [-0.1, -0.05) is 17.7 Å². The predicted molar refractivity (Wildman–Crippen MR) is 92.4 cm³/mol. The second kappa shape index (κ2) is 6.01. The summed E-state index contributed by atoms with van der Waals surface area (Å²) in [6, 6.07) is 9.94. The lowest BCUT2D eigenvalue weighted by molar-refractivity contribution is 0.0981. The van der Waals surface area contributed by atoms with Gasteiger partial charge in [0.05, 0.1) is 16.4 Å². The Hall–Kier alpha value is -2.65. The van der Waals surface area contributed by atoms with Crippen LogP contribution in [0, 0.1) is 17.1 Å². The fraction of sp³-hybridized carbons (Fsp3) is 0.278. The maximum Gasteiger partial charge on any atom is 0.277 e. The van der Waals surface area contributed by atoms with Crippen LogP contribution >= 0.6 is 11.6 Å². The lowest BCUT2D eigenvalue weighted by atomic mass is 10.1. The SMILES string of the molecule is N#Cc1nc(C(=O)N2CCN(C3CC3)c3c(F)cccc32)ccc1Cl. The van der Waals surface area contributed by atoms with Crippen LogP contribution < -0.4 is 9.80 Å². The number of nitriles is 1. The first-order valence-corrected chi connectivity index (χ1v) is 8.41. The monoisotopic (exact) mass is 356 g/mol. The van der Waals surface area contributed by atoms with Crippen LogP contribution in [0.15, 0.2) is 30.3 Å². The largest absolute Gasteiger partial charge is 0.363 e. The Morgan fingerprint density at radius 2 is 2.08 bits per heavy atom. The van der Waals surface area contributed by atoms with E-state index in [-0.39, 0.29) is 28.1 Å². The molecule has 126 valence electrons. The highest BCUT2D eigenvalue weighted by Gasteiger charge is 2.37. The van der Waals surface area contributed by atoms with Gasteiger partial charge in [-0.3, -0.25) is 4.79 Å². The van der Waals surface area contributed by atoms with Crippen LogP contribution in [-0.4, -0.2) is 30.0 Å². The van der Waals surface area contributed by atoms with Gasteiger partial charge in [-0.2, -0.15) is 5.26 Å². The van der Waals surface area contributed by atoms with Crippen molar-refractivity contribution in [2.75, 3.05) is 22.9 Å². The van der Waals surface area contributed by atoms with Gasteiger partial charge in [0, 0.05) is 19.1 Å². The van der Waals surface area contributed by atoms with Gasteiger partial charge in [-0.05, 0) is 37.1 Å². The molecule has 0 atom stereocenters. The van der Waals surface area contributed by atoms with Gasteiger partial charge in [0.25, 0.3) is 5.91 Å². The van der Waals surface area contributed by atoms with Crippen molar-refractivity contribution in [3.8, 4) is 6.07 Å². The third-order valence-corrected chi connectivity index (χ3v) is 4.82. The number of hydrogen-bond acceptors (Lipinski definition) is 4. The molecule has 25 heavy (non-hydrogen) atoms. The van der Waals surface area contributed by atoms with E-state index >= 15 is 0 Å². The number of aromatic nitrogens is 1. The molecule has 0 saturated heterocycles. The topological polar surface area (TPSA) is 60.2 Å². The number of amides is 1. The molecule has 0 radical (unpaired) electrons. The first-order chi connectivity index (χ1) is 12.1. The number of carbonyl (C=O) groups excluding carboxylic acids is 1. The minimum atomic E-state index is -0.365. The molecule has 1 amide bonds. The van der Waals surface area contributed by atoms with Crippen molar-refractivity contribution in [3.63, 3.8) is 0 Å². The third kappa shape index (κ3) is 2.71. The van der Waals surface area contributed by atoms with Gasteiger partial charge >= 0.3 is 0 Å². The van der Waals surface area contributed by atoms with Gasteiger partial charge in [0.1, 0.15) is 17.6 Å². The summed E-state index contributed by atoms with van der Waals surface area (Å²) in [6.07, 6.45) is 2.10. The van der Waals surface area contributed by atoms with Crippen LogP contribution in [0.2, 0.25) is 5.02 Å². The number of anilines is 2. The normalized spacial score (nSPS) is 16.4. The second-order valence-corrected chi connectivity index (χ2v) is 6.53. The molecule has 1 aliphatic carbocycles. The molecule has 2 aliphatic rings. The highest BCUT2D eigenvalue weighted by molar-refractivity contribution is 6.31. The number of rotatable bonds is 2. The number of hydrogen-bond donors (Lipinski definition) is 0. The zero-order chi connectivity index (χ0) is 17.6. The maximum atomic E-state index is 14.5. The van der Waals surface area contributed by atoms with Crippen molar-refractivity contribution in [1.29, 1.82) is 5.26 Å². The van der Waals surface area contributed by atoms with Gasteiger partial charge in [0.2, 0.25) is 0 Å². The standard InChI is InChI=1S/C18H14ClFN4O/c19-12-6-7-14(22-15(12)10-21)18(25)24-9-8-23(11-4-5-11)17-13(20)2-1-3-16(17)24/h1-3,6-7,11H,4-5,8-9H2. The number of fused-ring (bicyclic) bond motifs is 1. The van der Waals surface area contributed by atoms with E-state index in [9.17, 15) is 9.18 Å². The van der Waals surface area contributed by atoms with Crippen molar-refractivity contribution in [1.82, 2.24) is 4.98 Å². The molecule has 1 aromatic carbocycles. The minimum Gasteiger partial charge on any atom is -0.363 e. The van der Waals surface area contributed by atoms with Crippen molar-refractivity contribution in [2.24, 2.45) is 0 Å². The van der Waals surface area contributed by atoms with Crippen molar-refractivity contribution >= 4 is 28.9 Å². The van der Waals surface area contributed by atoms with Gasteiger partial charge in [-0.25, -0.2) is 9.37 Å². The van der Waals surface area contributed by atoms with E-state index in [0.29, 0.717) is 30.5 Å². The fourth-order valence-electron chi connectivity index (χ4n) is 3.19. The molecule has 0 bridgehead atoms. The fourth-order valence-corrected chi connectivity index (χ4v) is 3.33. The van der Waals surface area contributed by atoms with Crippen LogP contribution in [0.4, 0.5) is 15.8 Å². The summed E-state index contributed by atoms with van der Waals surface area (Å²) < 4.78 is 14.5. The molecule has 1 aromatic heterocycles. The number of carbonyl (C=O) groups is 1. The third-order valence-electron chi connectivity index (χ3n) is 4.51. The number of nitrogens with zero attached hydrogens (tertiary/aromatic N) is 4. The Morgan fingerprint density at radius 3 is 2.80 bits per heavy atom. The molecule has 0 N–H and O–H groups in total. The number of halogens is 2. The van der Waals surface area contributed by atoms with Crippen molar-refractivity contribution < 1.29 is 9.18 Å². The molecular weight excluding hydrogens is 343 g/mol. The summed E-state index contributed by atoms with van der Waals surface area (Å²) in [5, 5.41) is 9.25. The summed E-state index contributed by atoms with van der Waals surface area (Å²) in [5.41, 5.74) is 1.14. The summed E-state index contributed by atoms with van der Waals surface area (Å²) in [6.45, 7) is 1.01. The lowest BCUT2D eigenvalue weighted by Gasteiger charge is -2.38. The van der Waals surface area contributed by atoms with E-state index in [1.165, 1.54) is 23.1 Å². The lowest BCUT2D eigenvalue weighted by Crippen LogP contribution is -2.45. The van der Waals surface area contributed by atoms with Gasteiger partial charge < -0.3 is 9.80 Å². The van der Waals surface area contributed by atoms with Crippen LogP contribution in [-0.2, 0) is 0 Å². The van der Waals surface area contributed by atoms with E-state index < -0.39 is 0 Å². The van der Waals surface area contributed by atoms with Crippen LogP contribution in [0.25, 0.3) is 0 Å². The Morgan fingerprint density at radius 1 is 1.28 bits per heavy atom. The quantitative estimate of drug-likeness (QED) is 0.827. The number of pyridine rings is 1. The van der Waals surface area contributed by atoms with Crippen LogP contribution in [0.3, 0.4) is 0 Å². The van der Waals surface area contributed by atoms with E-state index in [0.717, 1.165) is 12.8 Å². The molecular formula is C18H14ClFN4O. The van der Waals surface area contributed by atoms with E-state index in [1.54, 1.807) is 12.1 Å². The van der Waals surface area contributed by atoms with E-state index in [4.69, 9.17) is 16.9 Å².